The lowest BCUT2D eigenvalue weighted by atomic mass is 10.9. The molecule has 0 N–H and O–H groups in total. The summed E-state index contributed by atoms with van der Waals surface area (Å²) in [4.78, 5) is 0. The summed E-state index contributed by atoms with van der Waals surface area (Å²) in [5.74, 6) is 0. The van der Waals surface area contributed by atoms with E-state index in [0.29, 0.717) is 0 Å². The predicted molar refractivity (Wildman–Crippen MR) is 43.7 cm³/mol. The molecule has 0 amide bonds. The second kappa shape index (κ2) is 4.09. The highest BCUT2D eigenvalue weighted by Crippen LogP contribution is 2.03. The van der Waals surface area contributed by atoms with Crippen molar-refractivity contribution in [2.75, 3.05) is 7.05 Å². The Morgan fingerprint density at radius 3 is 2.25 bits per heavy atom. The number of hydrazone groups is 1. The zero-order valence-electron chi connectivity index (χ0n) is 4.94. The molecule has 0 bridgehead atoms. The van der Waals surface area contributed by atoms with E-state index < -0.39 is 0 Å². The first-order chi connectivity index (χ1) is 3.68. The first-order valence-corrected chi connectivity index (χ1v) is 3.29. The van der Waals surface area contributed by atoms with Gasteiger partial charge in [0.1, 0.15) is 4.71 Å². The molecule has 8 heavy (non-hydrogen) atoms. The van der Waals surface area contributed by atoms with Crippen LogP contribution in [0, 0.1) is 0 Å². The highest BCUT2D eigenvalue weighted by Gasteiger charge is 1.96. The minimum atomic E-state index is -0.105. The molecule has 0 rings (SSSR count). The van der Waals surface area contributed by atoms with Crippen LogP contribution in [0.25, 0.3) is 0 Å². The van der Waals surface area contributed by atoms with E-state index in [-0.39, 0.29) is 4.71 Å². The summed E-state index contributed by atoms with van der Waals surface area (Å²) in [6.07, 6.45) is 1.69. The Labute approximate surface area is 60.8 Å². The third kappa shape index (κ3) is 3.21. The van der Waals surface area contributed by atoms with Gasteiger partial charge in [0.25, 0.3) is 0 Å². The van der Waals surface area contributed by atoms with Crippen LogP contribution in [-0.2, 0) is 0 Å². The zero-order valence-corrected chi connectivity index (χ0v) is 6.73. The van der Waals surface area contributed by atoms with E-state index in [1.165, 1.54) is 0 Å². The lowest BCUT2D eigenvalue weighted by molar-refractivity contribution is 0.402. The number of nitrogens with zero attached hydrogens (tertiary/aromatic N) is 2. The molecular weight excluding hydrogens is 140 g/mol. The zero-order chi connectivity index (χ0) is 6.57. The molecule has 0 aliphatic heterocycles. The molecule has 0 atom stereocenters. The molecule has 0 saturated carbocycles. The molecular formula is C4H10N2S2. The molecule has 0 aliphatic carbocycles. The SMILES string of the molecule is C/C=N\N(C)C(S)S. The van der Waals surface area contributed by atoms with Crippen molar-refractivity contribution in [3.63, 3.8) is 0 Å². The van der Waals surface area contributed by atoms with Gasteiger partial charge in [-0.2, -0.15) is 5.10 Å². The summed E-state index contributed by atoms with van der Waals surface area (Å²) in [7, 11) is 1.81. The molecule has 0 radical (unpaired) electrons. The van der Waals surface area contributed by atoms with Gasteiger partial charge in [-0.15, -0.1) is 25.3 Å². The van der Waals surface area contributed by atoms with E-state index in [9.17, 15) is 0 Å². The molecule has 0 heterocycles. The van der Waals surface area contributed by atoms with Crippen LogP contribution in [0.1, 0.15) is 6.92 Å². The Morgan fingerprint density at radius 1 is 1.62 bits per heavy atom. The second-order valence-electron chi connectivity index (χ2n) is 1.29. The number of hydrogen-bond donors (Lipinski definition) is 2. The molecule has 0 saturated heterocycles. The van der Waals surface area contributed by atoms with E-state index in [2.05, 4.69) is 30.4 Å². The van der Waals surface area contributed by atoms with Gasteiger partial charge < -0.3 is 0 Å². The Bertz CT molecular complexity index is 82.1. The normalized spacial score (nSPS) is 11.1. The predicted octanol–water partition coefficient (Wildman–Crippen LogP) is 1.07. The van der Waals surface area contributed by atoms with Gasteiger partial charge in [-0.3, -0.25) is 5.01 Å². The van der Waals surface area contributed by atoms with Crippen molar-refractivity contribution in [3.05, 3.63) is 0 Å². The number of hydrogen-bond acceptors (Lipinski definition) is 4. The fraction of sp³-hybridized carbons (Fsp3) is 0.750. The molecule has 0 aromatic heterocycles. The van der Waals surface area contributed by atoms with Gasteiger partial charge in [-0.25, -0.2) is 0 Å². The Morgan fingerprint density at radius 2 is 2.12 bits per heavy atom. The highest BCUT2D eigenvalue weighted by atomic mass is 32.2. The largest absolute Gasteiger partial charge is 0.278 e. The van der Waals surface area contributed by atoms with Crippen molar-refractivity contribution in [1.29, 1.82) is 0 Å². The summed E-state index contributed by atoms with van der Waals surface area (Å²) in [5.41, 5.74) is 0. The maximum absolute atomic E-state index is 4.00. The van der Waals surface area contributed by atoms with Gasteiger partial charge >= 0.3 is 0 Å². The molecule has 4 heteroatoms. The Kier molecular flexibility index (Phi) is 4.18. The van der Waals surface area contributed by atoms with E-state index in [0.717, 1.165) is 0 Å². The van der Waals surface area contributed by atoms with E-state index in [4.69, 9.17) is 0 Å². The lowest BCUT2D eigenvalue weighted by Crippen LogP contribution is -2.15. The maximum Gasteiger partial charge on any atom is 0.132 e. The fourth-order valence-corrected chi connectivity index (χ4v) is 0.361. The summed E-state index contributed by atoms with van der Waals surface area (Å²) in [6, 6.07) is 0. The van der Waals surface area contributed by atoms with Gasteiger partial charge in [-0.1, -0.05) is 0 Å². The van der Waals surface area contributed by atoms with Crippen LogP contribution >= 0.6 is 25.3 Å². The van der Waals surface area contributed by atoms with Crippen LogP contribution in [0.2, 0.25) is 0 Å². The van der Waals surface area contributed by atoms with Crippen LogP contribution in [0.3, 0.4) is 0 Å². The standard InChI is InChI=1S/C4H10N2S2/c1-3-5-6(2)4(7)8/h3-4,7-8H,1-2H3/b5-3-. The smallest absolute Gasteiger partial charge is 0.132 e. The highest BCUT2D eigenvalue weighted by molar-refractivity contribution is 7.99. The molecule has 0 spiro atoms. The average Bonchev–Trinajstić information content (AvgIpc) is 1.67. The number of rotatable bonds is 2. The topological polar surface area (TPSA) is 15.6 Å². The van der Waals surface area contributed by atoms with Gasteiger partial charge in [0.2, 0.25) is 0 Å². The van der Waals surface area contributed by atoms with Crippen LogP contribution in [-0.4, -0.2) is 23.0 Å². The summed E-state index contributed by atoms with van der Waals surface area (Å²) in [5, 5.41) is 5.52. The second-order valence-corrected chi connectivity index (χ2v) is 2.68. The van der Waals surface area contributed by atoms with Crippen molar-refractivity contribution < 1.29 is 0 Å². The maximum atomic E-state index is 4.00. The molecule has 0 unspecified atom stereocenters. The molecule has 0 aromatic rings. The van der Waals surface area contributed by atoms with Crippen molar-refractivity contribution in [2.45, 2.75) is 11.6 Å². The van der Waals surface area contributed by atoms with E-state index in [1.807, 2.05) is 14.0 Å². The monoisotopic (exact) mass is 150 g/mol. The van der Waals surface area contributed by atoms with Gasteiger partial charge in [0, 0.05) is 13.3 Å². The summed E-state index contributed by atoms with van der Waals surface area (Å²) < 4.78 is -0.105. The first-order valence-electron chi connectivity index (χ1n) is 2.26. The van der Waals surface area contributed by atoms with Gasteiger partial charge in [0.05, 0.1) is 0 Å². The van der Waals surface area contributed by atoms with Crippen molar-refractivity contribution in [2.24, 2.45) is 5.10 Å². The average molecular weight is 150 g/mol. The van der Waals surface area contributed by atoms with Crippen LogP contribution in [0.4, 0.5) is 0 Å². The first kappa shape index (κ1) is 8.17. The minimum Gasteiger partial charge on any atom is -0.278 e. The molecule has 2 nitrogen and oxygen atoms in total. The van der Waals surface area contributed by atoms with Gasteiger partial charge in [0.15, 0.2) is 0 Å². The van der Waals surface area contributed by atoms with Crippen LogP contribution in [0.15, 0.2) is 5.10 Å². The van der Waals surface area contributed by atoms with Crippen molar-refractivity contribution in [1.82, 2.24) is 5.01 Å². The quantitative estimate of drug-likeness (QED) is 0.260. The minimum absolute atomic E-state index is 0.105. The van der Waals surface area contributed by atoms with Crippen molar-refractivity contribution in [3.8, 4) is 0 Å². The molecule has 0 aromatic carbocycles. The summed E-state index contributed by atoms with van der Waals surface area (Å²) >= 11 is 8.01. The summed E-state index contributed by atoms with van der Waals surface area (Å²) in [6.45, 7) is 1.85. The van der Waals surface area contributed by atoms with Gasteiger partial charge in [-0.05, 0) is 6.92 Å². The number of thiol groups is 2. The van der Waals surface area contributed by atoms with E-state index >= 15 is 0 Å². The fourth-order valence-electron chi connectivity index (χ4n) is 0.242. The third-order valence-electron chi connectivity index (χ3n) is 0.632. The molecule has 0 aliphatic rings. The van der Waals surface area contributed by atoms with Crippen LogP contribution in [0.5, 0.6) is 0 Å². The third-order valence-corrected chi connectivity index (χ3v) is 1.30. The molecule has 0 fully saturated rings. The Balaban J connectivity index is 3.47. The molecule has 48 valence electrons. The lowest BCUT2D eigenvalue weighted by Gasteiger charge is -2.14. The van der Waals surface area contributed by atoms with E-state index in [1.54, 1.807) is 11.2 Å². The Hall–Kier alpha value is 0.170. The van der Waals surface area contributed by atoms with Crippen LogP contribution < -0.4 is 0 Å². The van der Waals surface area contributed by atoms with Crippen molar-refractivity contribution >= 4 is 31.5 Å².